The smallest absolute Gasteiger partial charge is 0.193 e. The molecule has 116 valence electrons. The van der Waals surface area contributed by atoms with Crippen molar-refractivity contribution in [1.29, 1.82) is 0 Å². The lowest BCUT2D eigenvalue weighted by molar-refractivity contribution is 0.414. The lowest BCUT2D eigenvalue weighted by Gasteiger charge is -2.21. The molecule has 0 bridgehead atoms. The van der Waals surface area contributed by atoms with E-state index in [1.54, 1.807) is 7.11 Å². The molecule has 1 aliphatic rings. The van der Waals surface area contributed by atoms with Gasteiger partial charge in [-0.25, -0.2) is 0 Å². The van der Waals surface area contributed by atoms with Gasteiger partial charge in [0.15, 0.2) is 5.96 Å². The average Bonchev–Trinajstić information content (AvgIpc) is 3.01. The summed E-state index contributed by atoms with van der Waals surface area (Å²) < 4.78 is 5.23. The van der Waals surface area contributed by atoms with Gasteiger partial charge in [0.25, 0.3) is 0 Å². The van der Waals surface area contributed by atoms with Crippen LogP contribution < -0.4 is 10.1 Å². The van der Waals surface area contributed by atoms with E-state index in [9.17, 15) is 0 Å². The van der Waals surface area contributed by atoms with Crippen molar-refractivity contribution in [3.8, 4) is 5.75 Å². The Morgan fingerprint density at radius 2 is 2.10 bits per heavy atom. The Hall–Kier alpha value is -1.71. The summed E-state index contributed by atoms with van der Waals surface area (Å²) >= 11 is 0. The Kier molecular flexibility index (Phi) is 5.90. The Labute approximate surface area is 128 Å². The maximum absolute atomic E-state index is 5.23. The van der Waals surface area contributed by atoms with E-state index in [2.05, 4.69) is 41.2 Å². The second-order valence-electron chi connectivity index (χ2n) is 5.44. The molecule has 4 heteroatoms. The first-order valence-corrected chi connectivity index (χ1v) is 7.95. The van der Waals surface area contributed by atoms with Crippen molar-refractivity contribution in [3.63, 3.8) is 0 Å². The zero-order valence-electron chi connectivity index (χ0n) is 13.4. The standard InChI is InChI=1S/C17H27N3O/c1-4-11-19-17(18-5-2)20-12-10-15(13-20)14-6-8-16(21-3)9-7-14/h6-9,15H,4-5,10-13H2,1-3H3,(H,18,19). The predicted molar refractivity (Wildman–Crippen MR) is 88.2 cm³/mol. The van der Waals surface area contributed by atoms with Crippen molar-refractivity contribution in [2.75, 3.05) is 33.3 Å². The molecule has 0 aromatic heterocycles. The second kappa shape index (κ2) is 7.91. The highest BCUT2D eigenvalue weighted by Crippen LogP contribution is 2.28. The van der Waals surface area contributed by atoms with Gasteiger partial charge in [0.1, 0.15) is 5.75 Å². The van der Waals surface area contributed by atoms with E-state index in [1.165, 1.54) is 12.0 Å². The minimum atomic E-state index is 0.585. The summed E-state index contributed by atoms with van der Waals surface area (Å²) in [5, 5.41) is 3.41. The van der Waals surface area contributed by atoms with Gasteiger partial charge in [-0.15, -0.1) is 0 Å². The van der Waals surface area contributed by atoms with Crippen molar-refractivity contribution in [2.24, 2.45) is 4.99 Å². The molecule has 1 aromatic rings. The number of hydrogen-bond acceptors (Lipinski definition) is 2. The molecule has 1 aliphatic heterocycles. The van der Waals surface area contributed by atoms with Crippen LogP contribution in [0.1, 0.15) is 38.2 Å². The van der Waals surface area contributed by atoms with Crippen molar-refractivity contribution in [2.45, 2.75) is 32.6 Å². The number of nitrogens with zero attached hydrogens (tertiary/aromatic N) is 2. The number of ether oxygens (including phenoxy) is 1. The van der Waals surface area contributed by atoms with Gasteiger partial charge < -0.3 is 15.0 Å². The zero-order chi connectivity index (χ0) is 15.1. The van der Waals surface area contributed by atoms with E-state index in [1.807, 2.05) is 12.1 Å². The molecular formula is C17H27N3O. The van der Waals surface area contributed by atoms with Crippen LogP contribution in [0, 0.1) is 0 Å². The van der Waals surface area contributed by atoms with Gasteiger partial charge in [-0.1, -0.05) is 19.1 Å². The summed E-state index contributed by atoms with van der Waals surface area (Å²) in [7, 11) is 1.71. The largest absolute Gasteiger partial charge is 0.497 e. The fourth-order valence-corrected chi connectivity index (χ4v) is 2.74. The van der Waals surface area contributed by atoms with E-state index in [4.69, 9.17) is 4.74 Å². The molecule has 1 fully saturated rings. The third-order valence-electron chi connectivity index (χ3n) is 3.90. The van der Waals surface area contributed by atoms with Gasteiger partial charge in [0.05, 0.1) is 7.11 Å². The minimum absolute atomic E-state index is 0.585. The number of guanidine groups is 1. The Morgan fingerprint density at radius 3 is 2.71 bits per heavy atom. The summed E-state index contributed by atoms with van der Waals surface area (Å²) in [6.07, 6.45) is 2.27. The minimum Gasteiger partial charge on any atom is -0.497 e. The normalized spacial score (nSPS) is 18.9. The Morgan fingerprint density at radius 1 is 1.33 bits per heavy atom. The van der Waals surface area contributed by atoms with Crippen LogP contribution in [0.3, 0.4) is 0 Å². The molecule has 1 heterocycles. The third-order valence-corrected chi connectivity index (χ3v) is 3.90. The van der Waals surface area contributed by atoms with Crippen LogP contribution >= 0.6 is 0 Å². The highest BCUT2D eigenvalue weighted by molar-refractivity contribution is 5.80. The summed E-state index contributed by atoms with van der Waals surface area (Å²) in [5.74, 6) is 2.57. The molecule has 0 spiro atoms. The molecule has 21 heavy (non-hydrogen) atoms. The number of hydrogen-bond donors (Lipinski definition) is 1. The third kappa shape index (κ3) is 4.13. The fourth-order valence-electron chi connectivity index (χ4n) is 2.74. The van der Waals surface area contributed by atoms with Crippen LogP contribution in [0.2, 0.25) is 0 Å². The van der Waals surface area contributed by atoms with E-state index in [0.29, 0.717) is 5.92 Å². The first kappa shape index (κ1) is 15.7. The first-order chi connectivity index (χ1) is 10.3. The molecule has 0 amide bonds. The molecule has 1 atom stereocenters. The molecule has 2 rings (SSSR count). The van der Waals surface area contributed by atoms with Gasteiger partial charge >= 0.3 is 0 Å². The summed E-state index contributed by atoms with van der Waals surface area (Å²) in [5.41, 5.74) is 1.39. The zero-order valence-corrected chi connectivity index (χ0v) is 13.4. The fraction of sp³-hybridized carbons (Fsp3) is 0.588. The van der Waals surface area contributed by atoms with Crippen molar-refractivity contribution >= 4 is 5.96 Å². The van der Waals surface area contributed by atoms with Crippen LogP contribution in [-0.2, 0) is 0 Å². The van der Waals surface area contributed by atoms with Gasteiger partial charge in [-0.2, -0.15) is 0 Å². The van der Waals surface area contributed by atoms with Crippen molar-refractivity contribution in [3.05, 3.63) is 29.8 Å². The van der Waals surface area contributed by atoms with E-state index in [0.717, 1.165) is 44.3 Å². The second-order valence-corrected chi connectivity index (χ2v) is 5.44. The van der Waals surface area contributed by atoms with Crippen LogP contribution in [0.4, 0.5) is 0 Å². The Balaban J connectivity index is 2.00. The summed E-state index contributed by atoms with van der Waals surface area (Å²) in [6, 6.07) is 8.47. The maximum atomic E-state index is 5.23. The first-order valence-electron chi connectivity index (χ1n) is 7.95. The topological polar surface area (TPSA) is 36.9 Å². The van der Waals surface area contributed by atoms with Gasteiger partial charge in [-0.3, -0.25) is 4.99 Å². The molecule has 0 aliphatic carbocycles. The lowest BCUT2D eigenvalue weighted by Crippen LogP contribution is -2.40. The van der Waals surface area contributed by atoms with Gasteiger partial charge in [-0.05, 0) is 37.5 Å². The number of likely N-dealkylation sites (tertiary alicyclic amines) is 1. The Bertz CT molecular complexity index is 456. The molecule has 1 unspecified atom stereocenters. The molecule has 1 aromatic carbocycles. The number of aliphatic imine (C=N–C) groups is 1. The highest BCUT2D eigenvalue weighted by atomic mass is 16.5. The van der Waals surface area contributed by atoms with Crippen LogP contribution in [0.25, 0.3) is 0 Å². The monoisotopic (exact) mass is 289 g/mol. The molecule has 0 saturated carbocycles. The molecule has 0 radical (unpaired) electrons. The molecular weight excluding hydrogens is 262 g/mol. The molecule has 4 nitrogen and oxygen atoms in total. The highest BCUT2D eigenvalue weighted by Gasteiger charge is 2.25. The SMILES string of the molecule is CCCN=C(NCC)N1CCC(c2ccc(OC)cc2)C1. The van der Waals surface area contributed by atoms with Crippen molar-refractivity contribution < 1.29 is 4.74 Å². The van der Waals surface area contributed by atoms with Gasteiger partial charge in [0, 0.05) is 32.1 Å². The molecule has 1 saturated heterocycles. The molecule has 1 N–H and O–H groups in total. The number of nitrogens with one attached hydrogen (secondary N) is 1. The maximum Gasteiger partial charge on any atom is 0.193 e. The van der Waals surface area contributed by atoms with Crippen molar-refractivity contribution in [1.82, 2.24) is 10.2 Å². The predicted octanol–water partition coefficient (Wildman–Crippen LogP) is 2.86. The van der Waals surface area contributed by atoms with Crippen LogP contribution in [0.5, 0.6) is 5.75 Å². The number of rotatable bonds is 5. The average molecular weight is 289 g/mol. The number of methoxy groups -OCH3 is 1. The van der Waals surface area contributed by atoms with E-state index < -0.39 is 0 Å². The summed E-state index contributed by atoms with van der Waals surface area (Å²) in [6.45, 7) is 8.22. The van der Waals surface area contributed by atoms with E-state index >= 15 is 0 Å². The van der Waals surface area contributed by atoms with Crippen LogP contribution in [0.15, 0.2) is 29.3 Å². The summed E-state index contributed by atoms with van der Waals surface area (Å²) in [4.78, 5) is 7.06. The van der Waals surface area contributed by atoms with E-state index in [-0.39, 0.29) is 0 Å². The number of benzene rings is 1. The quantitative estimate of drug-likeness (QED) is 0.669. The van der Waals surface area contributed by atoms with Gasteiger partial charge in [0.2, 0.25) is 0 Å². The lowest BCUT2D eigenvalue weighted by atomic mass is 9.98. The van der Waals surface area contributed by atoms with Crippen LogP contribution in [-0.4, -0.2) is 44.1 Å².